The van der Waals surface area contributed by atoms with E-state index in [4.69, 9.17) is 4.74 Å². The second kappa shape index (κ2) is 7.73. The molecule has 0 bridgehead atoms. The van der Waals surface area contributed by atoms with Crippen molar-refractivity contribution in [1.29, 1.82) is 0 Å². The number of aliphatic hydroxyl groups excluding tert-OH is 2. The van der Waals surface area contributed by atoms with Crippen molar-refractivity contribution in [3.63, 3.8) is 0 Å². The first-order valence-corrected chi connectivity index (χ1v) is 7.97. The highest BCUT2D eigenvalue weighted by Gasteiger charge is 2.44. The molecule has 1 aliphatic rings. The molecule has 0 fully saturated rings. The maximum absolute atomic E-state index is 11.9. The van der Waals surface area contributed by atoms with Crippen molar-refractivity contribution in [3.05, 3.63) is 47.5 Å². The highest BCUT2D eigenvalue weighted by Crippen LogP contribution is 2.31. The van der Waals surface area contributed by atoms with Crippen LogP contribution in [0.15, 0.2) is 42.0 Å². The summed E-state index contributed by atoms with van der Waals surface area (Å²) >= 11 is 0. The van der Waals surface area contributed by atoms with Gasteiger partial charge in [0.2, 0.25) is 0 Å². The maximum atomic E-state index is 11.9. The van der Waals surface area contributed by atoms with Gasteiger partial charge < -0.3 is 20.1 Å². The summed E-state index contributed by atoms with van der Waals surface area (Å²) in [6.45, 7) is 1.80. The van der Waals surface area contributed by atoms with Crippen molar-refractivity contribution in [3.8, 4) is 0 Å². The van der Waals surface area contributed by atoms with Gasteiger partial charge in [0.05, 0.1) is 12.7 Å². The summed E-state index contributed by atoms with van der Waals surface area (Å²) in [5.74, 6) is -0.786. The lowest BCUT2D eigenvalue weighted by Gasteiger charge is -2.34. The van der Waals surface area contributed by atoms with E-state index >= 15 is 0 Å². The van der Waals surface area contributed by atoms with Crippen molar-refractivity contribution < 1.29 is 24.9 Å². The fourth-order valence-electron chi connectivity index (χ4n) is 2.89. The lowest BCUT2D eigenvalue weighted by Crippen LogP contribution is -2.49. The quantitative estimate of drug-likeness (QED) is 0.544. The minimum absolute atomic E-state index is 0.150. The number of rotatable bonds is 6. The molecule has 2 rings (SSSR count). The number of ether oxygens (including phenoxy) is 1. The average molecular weight is 320 g/mol. The molecule has 0 saturated carbocycles. The molecule has 1 aromatic carbocycles. The summed E-state index contributed by atoms with van der Waals surface area (Å²) < 4.78 is 4.86. The summed E-state index contributed by atoms with van der Waals surface area (Å²) in [6.07, 6.45) is 0.927. The molecule has 0 aliphatic heterocycles. The van der Waals surface area contributed by atoms with Gasteiger partial charge in [0.1, 0.15) is 6.10 Å². The summed E-state index contributed by atoms with van der Waals surface area (Å²) in [5, 5.41) is 30.5. The SMILES string of the molecule is CCOC(=O)C1(O)C=C(CCCc2ccccc2)C(O)C(O)C1. The van der Waals surface area contributed by atoms with E-state index in [1.165, 1.54) is 11.6 Å². The molecule has 3 atom stereocenters. The van der Waals surface area contributed by atoms with Crippen molar-refractivity contribution in [2.45, 2.75) is 50.4 Å². The van der Waals surface area contributed by atoms with Crippen LogP contribution in [0.25, 0.3) is 0 Å². The second-order valence-electron chi connectivity index (χ2n) is 5.92. The first-order valence-electron chi connectivity index (χ1n) is 7.97. The Morgan fingerprint density at radius 1 is 1.26 bits per heavy atom. The number of hydrogen-bond donors (Lipinski definition) is 3. The van der Waals surface area contributed by atoms with Gasteiger partial charge in [-0.3, -0.25) is 0 Å². The molecule has 1 aliphatic carbocycles. The second-order valence-corrected chi connectivity index (χ2v) is 5.92. The van der Waals surface area contributed by atoms with Gasteiger partial charge in [-0.15, -0.1) is 0 Å². The Labute approximate surface area is 136 Å². The van der Waals surface area contributed by atoms with Crippen LogP contribution in [0.1, 0.15) is 31.7 Å². The smallest absolute Gasteiger partial charge is 0.342 e. The highest BCUT2D eigenvalue weighted by molar-refractivity contribution is 5.82. The van der Waals surface area contributed by atoms with Crippen molar-refractivity contribution in [2.24, 2.45) is 0 Å². The first kappa shape index (κ1) is 17.7. The van der Waals surface area contributed by atoms with Crippen molar-refractivity contribution >= 4 is 5.97 Å². The molecule has 0 amide bonds. The Hall–Kier alpha value is -1.69. The van der Waals surface area contributed by atoms with Crippen LogP contribution in [0, 0.1) is 0 Å². The minimum atomic E-state index is -1.86. The van der Waals surface area contributed by atoms with Crippen LogP contribution >= 0.6 is 0 Å². The standard InChI is InChI=1S/C18H24O5/c1-2-23-17(21)18(22)11-14(16(20)15(19)12-18)10-6-9-13-7-4-3-5-8-13/h3-5,7-8,11,15-16,19-20,22H,2,6,9-10,12H2,1H3. The predicted octanol–water partition coefficient (Wildman–Crippen LogP) is 1.36. The molecule has 23 heavy (non-hydrogen) atoms. The van der Waals surface area contributed by atoms with Crippen LogP contribution < -0.4 is 0 Å². The number of benzene rings is 1. The van der Waals surface area contributed by atoms with Gasteiger partial charge >= 0.3 is 5.97 Å². The summed E-state index contributed by atoms with van der Waals surface area (Å²) in [5.41, 5.74) is -0.202. The van der Waals surface area contributed by atoms with E-state index in [1.807, 2.05) is 30.3 Å². The van der Waals surface area contributed by atoms with E-state index in [0.717, 1.165) is 12.8 Å². The molecule has 0 heterocycles. The van der Waals surface area contributed by atoms with Crippen molar-refractivity contribution in [1.82, 2.24) is 0 Å². The fraction of sp³-hybridized carbons (Fsp3) is 0.500. The molecule has 3 N–H and O–H groups in total. The Morgan fingerprint density at radius 2 is 1.96 bits per heavy atom. The average Bonchev–Trinajstić information content (AvgIpc) is 2.53. The molecular formula is C18H24O5. The van der Waals surface area contributed by atoms with E-state index in [0.29, 0.717) is 12.0 Å². The van der Waals surface area contributed by atoms with Crippen LogP contribution in [-0.2, 0) is 16.0 Å². The van der Waals surface area contributed by atoms with E-state index in [-0.39, 0.29) is 13.0 Å². The number of hydrogen-bond acceptors (Lipinski definition) is 5. The zero-order valence-electron chi connectivity index (χ0n) is 13.3. The van der Waals surface area contributed by atoms with Crippen LogP contribution in [-0.4, -0.2) is 45.7 Å². The molecule has 1 aromatic rings. The van der Waals surface area contributed by atoms with Crippen molar-refractivity contribution in [2.75, 3.05) is 6.61 Å². The number of aliphatic hydroxyl groups is 3. The van der Waals surface area contributed by atoms with Crippen LogP contribution in [0.2, 0.25) is 0 Å². The maximum Gasteiger partial charge on any atom is 0.342 e. The molecule has 5 nitrogen and oxygen atoms in total. The molecule has 0 radical (unpaired) electrons. The molecule has 126 valence electrons. The zero-order valence-corrected chi connectivity index (χ0v) is 13.3. The largest absolute Gasteiger partial charge is 0.464 e. The zero-order chi connectivity index (χ0) is 16.9. The van der Waals surface area contributed by atoms with Gasteiger partial charge in [-0.05, 0) is 43.4 Å². The predicted molar refractivity (Wildman–Crippen MR) is 85.7 cm³/mol. The van der Waals surface area contributed by atoms with Gasteiger partial charge in [-0.2, -0.15) is 0 Å². The summed E-state index contributed by atoms with van der Waals surface area (Å²) in [7, 11) is 0. The molecule has 0 spiro atoms. The van der Waals surface area contributed by atoms with Gasteiger partial charge in [0.25, 0.3) is 0 Å². The molecule has 0 aromatic heterocycles. The molecule has 5 heteroatoms. The Balaban J connectivity index is 2.05. The summed E-state index contributed by atoms with van der Waals surface area (Å²) in [4.78, 5) is 11.9. The van der Waals surface area contributed by atoms with Crippen LogP contribution in [0.4, 0.5) is 0 Å². The van der Waals surface area contributed by atoms with Gasteiger partial charge in [-0.1, -0.05) is 30.3 Å². The highest BCUT2D eigenvalue weighted by atomic mass is 16.5. The molecule has 0 saturated heterocycles. The van der Waals surface area contributed by atoms with E-state index in [2.05, 4.69) is 0 Å². The van der Waals surface area contributed by atoms with Crippen LogP contribution in [0.3, 0.4) is 0 Å². The number of aryl methyl sites for hydroxylation is 1. The Kier molecular flexibility index (Phi) is 5.93. The Bertz CT molecular complexity index is 554. The number of carbonyl (C=O) groups is 1. The fourth-order valence-corrected chi connectivity index (χ4v) is 2.89. The molecule has 3 unspecified atom stereocenters. The monoisotopic (exact) mass is 320 g/mol. The minimum Gasteiger partial charge on any atom is -0.464 e. The van der Waals surface area contributed by atoms with Gasteiger partial charge in [0, 0.05) is 6.42 Å². The van der Waals surface area contributed by atoms with Gasteiger partial charge in [-0.25, -0.2) is 4.79 Å². The lowest BCUT2D eigenvalue weighted by atomic mass is 9.81. The lowest BCUT2D eigenvalue weighted by molar-refractivity contribution is -0.165. The Morgan fingerprint density at radius 3 is 2.61 bits per heavy atom. The third kappa shape index (κ3) is 4.41. The van der Waals surface area contributed by atoms with Gasteiger partial charge in [0.15, 0.2) is 5.60 Å². The van der Waals surface area contributed by atoms with E-state index < -0.39 is 23.8 Å². The third-order valence-electron chi connectivity index (χ3n) is 4.09. The van der Waals surface area contributed by atoms with E-state index in [9.17, 15) is 20.1 Å². The summed E-state index contributed by atoms with van der Waals surface area (Å²) in [6, 6.07) is 9.93. The van der Waals surface area contributed by atoms with E-state index in [1.54, 1.807) is 6.92 Å². The first-order chi connectivity index (χ1) is 11.0. The van der Waals surface area contributed by atoms with Crippen LogP contribution in [0.5, 0.6) is 0 Å². The normalized spacial score (nSPS) is 27.4. The topological polar surface area (TPSA) is 87.0 Å². The third-order valence-corrected chi connectivity index (χ3v) is 4.09. The number of carbonyl (C=O) groups excluding carboxylic acids is 1. The number of esters is 1. The molecular weight excluding hydrogens is 296 g/mol.